The third kappa shape index (κ3) is 7.70. The summed E-state index contributed by atoms with van der Waals surface area (Å²) >= 11 is 0. The van der Waals surface area contributed by atoms with Crippen molar-refractivity contribution in [3.8, 4) is 33.6 Å². The number of nitrogens with one attached hydrogen (secondary N) is 2. The molecule has 3 amide bonds. The maximum absolute atomic E-state index is 14.2. The molecule has 2 aliphatic heterocycles. The van der Waals surface area contributed by atoms with Crippen molar-refractivity contribution in [1.29, 1.82) is 0 Å². The van der Waals surface area contributed by atoms with E-state index in [0.717, 1.165) is 102 Å². The van der Waals surface area contributed by atoms with Gasteiger partial charge in [-0.15, -0.1) is 0 Å². The Morgan fingerprint density at radius 1 is 0.702 bits per heavy atom. The molecule has 3 aromatic carbocycles. The van der Waals surface area contributed by atoms with Gasteiger partial charge >= 0.3 is 6.09 Å². The number of aromatic amines is 2. The number of carboxylic acid groups (broad SMARTS) is 1. The summed E-state index contributed by atoms with van der Waals surface area (Å²) in [7, 11) is 1.50. The van der Waals surface area contributed by atoms with Gasteiger partial charge in [0.25, 0.3) is 0 Å². The van der Waals surface area contributed by atoms with E-state index in [1.807, 2.05) is 40.4 Å². The Labute approximate surface area is 333 Å². The topological polar surface area (TPSA) is 142 Å². The Kier molecular flexibility index (Phi) is 11.0. The third-order valence-electron chi connectivity index (χ3n) is 12.2. The van der Waals surface area contributed by atoms with Crippen LogP contribution < -0.4 is 0 Å². The Morgan fingerprint density at radius 3 is 1.63 bits per heavy atom. The number of benzene rings is 3. The van der Waals surface area contributed by atoms with Crippen LogP contribution in [0.15, 0.2) is 91.3 Å². The van der Waals surface area contributed by atoms with Crippen molar-refractivity contribution in [2.24, 2.45) is 5.92 Å². The van der Waals surface area contributed by atoms with Crippen LogP contribution in [0.3, 0.4) is 0 Å². The highest BCUT2D eigenvalue weighted by molar-refractivity contribution is 5.87. The summed E-state index contributed by atoms with van der Waals surface area (Å²) in [5.74, 6) is 1.65. The molecule has 2 saturated heterocycles. The van der Waals surface area contributed by atoms with Crippen molar-refractivity contribution < 1.29 is 19.5 Å². The van der Waals surface area contributed by atoms with Gasteiger partial charge in [-0.1, -0.05) is 92.7 Å². The summed E-state index contributed by atoms with van der Waals surface area (Å²) in [5, 5.41) is 9.63. The summed E-state index contributed by atoms with van der Waals surface area (Å²) in [6.07, 6.45) is 7.81. The number of nitrogens with zero attached hydrogens (tertiary/aromatic N) is 6. The molecule has 3 N–H and O–H groups in total. The molecule has 8 rings (SSSR count). The van der Waals surface area contributed by atoms with Crippen LogP contribution in [0.1, 0.15) is 87.7 Å². The monoisotopic (exact) mass is 768 g/mol. The Bertz CT molecular complexity index is 2170. The van der Waals surface area contributed by atoms with E-state index in [0.29, 0.717) is 13.1 Å². The van der Waals surface area contributed by atoms with Crippen LogP contribution in [-0.2, 0) is 9.59 Å². The standard InChI is InChI=1S/C45H52N8O4/c1-4-51(5-2)40(33-11-7-6-8-12-33)44(55)53-26-10-14-38(53)42-47-28-36(49-42)32-21-17-30(18-22-32)29-15-19-31(20-16-29)35-27-46-41(48-35)37-13-9-25-52(37)43(54)39(34-23-24-34)50(3)45(56)57/h6-8,11-12,15-22,27-28,34,37-40H,4-5,9-10,13-14,23-26H2,1-3H3,(H,46,48)(H,47,49)(H,56,57)/t37-,38-,39+,40+/m0/s1. The number of likely N-dealkylation sites (tertiary alicyclic amines) is 2. The molecule has 3 fully saturated rings. The van der Waals surface area contributed by atoms with Crippen molar-refractivity contribution >= 4 is 17.9 Å². The highest BCUT2D eigenvalue weighted by Gasteiger charge is 2.45. The molecule has 2 aromatic heterocycles. The van der Waals surface area contributed by atoms with Crippen molar-refractivity contribution in [3.63, 3.8) is 0 Å². The molecule has 1 aliphatic carbocycles. The summed E-state index contributed by atoms with van der Waals surface area (Å²) in [4.78, 5) is 63.4. The average Bonchev–Trinajstić information content (AvgIpc) is 3.73. The second-order valence-corrected chi connectivity index (χ2v) is 15.6. The van der Waals surface area contributed by atoms with Gasteiger partial charge in [0.15, 0.2) is 0 Å². The largest absolute Gasteiger partial charge is 0.465 e. The van der Waals surface area contributed by atoms with Crippen LogP contribution in [0.5, 0.6) is 0 Å². The van der Waals surface area contributed by atoms with Crippen molar-refractivity contribution in [3.05, 3.63) is 108 Å². The Balaban J connectivity index is 0.930. The quantitative estimate of drug-likeness (QED) is 0.111. The SMILES string of the molecule is CCN(CC)[C@@H](C(=O)N1CCC[C@H]1c1ncc(-c2ccc(-c3ccc(-c4cnc([C@@H]5CCCN5C(=O)[C@@H](C5CC5)N(C)C(=O)O)[nH]4)cc3)cc2)[nH]1)c1ccccc1. The number of hydrogen-bond donors (Lipinski definition) is 3. The molecule has 5 aromatic rings. The van der Waals surface area contributed by atoms with Gasteiger partial charge in [-0.25, -0.2) is 14.8 Å². The Morgan fingerprint density at radius 2 is 1.18 bits per heavy atom. The number of hydrogen-bond acceptors (Lipinski definition) is 6. The van der Waals surface area contributed by atoms with Gasteiger partial charge in [-0.05, 0) is 85.3 Å². The highest BCUT2D eigenvalue weighted by atomic mass is 16.4. The van der Waals surface area contributed by atoms with E-state index >= 15 is 0 Å². The molecular formula is C45H52N8O4. The van der Waals surface area contributed by atoms with Crippen LogP contribution in [0, 0.1) is 5.92 Å². The lowest BCUT2D eigenvalue weighted by Crippen LogP contribution is -2.50. The molecule has 0 radical (unpaired) electrons. The van der Waals surface area contributed by atoms with E-state index in [1.165, 1.54) is 11.9 Å². The van der Waals surface area contributed by atoms with Crippen molar-refractivity contribution in [1.82, 2.24) is 39.5 Å². The number of amides is 3. The maximum Gasteiger partial charge on any atom is 0.407 e. The minimum atomic E-state index is -1.08. The number of imidazole rings is 2. The van der Waals surface area contributed by atoms with E-state index in [4.69, 9.17) is 9.97 Å². The van der Waals surface area contributed by atoms with Crippen LogP contribution in [0.2, 0.25) is 0 Å². The second kappa shape index (κ2) is 16.4. The molecule has 57 heavy (non-hydrogen) atoms. The maximum atomic E-state index is 14.2. The molecule has 3 aliphatic rings. The van der Waals surface area contributed by atoms with Crippen molar-refractivity contribution in [2.75, 3.05) is 33.2 Å². The smallest absolute Gasteiger partial charge is 0.407 e. The first-order chi connectivity index (χ1) is 27.7. The molecule has 0 unspecified atom stereocenters. The molecule has 0 bridgehead atoms. The van der Waals surface area contributed by atoms with Crippen LogP contribution in [0.4, 0.5) is 4.79 Å². The zero-order valence-corrected chi connectivity index (χ0v) is 33.0. The first-order valence-corrected chi connectivity index (χ1v) is 20.4. The summed E-state index contributed by atoms with van der Waals surface area (Å²) in [6.45, 7) is 7.11. The lowest BCUT2D eigenvalue weighted by atomic mass is 10.0. The number of H-pyrrole nitrogens is 2. The first-order valence-electron chi connectivity index (χ1n) is 20.4. The molecular weight excluding hydrogens is 717 g/mol. The average molecular weight is 769 g/mol. The zero-order valence-electron chi connectivity index (χ0n) is 33.0. The fourth-order valence-corrected chi connectivity index (χ4v) is 8.89. The minimum Gasteiger partial charge on any atom is -0.465 e. The van der Waals surface area contributed by atoms with E-state index in [1.54, 1.807) is 0 Å². The normalized spacial score (nSPS) is 19.2. The van der Waals surface area contributed by atoms with Gasteiger partial charge in [0.05, 0.1) is 35.9 Å². The fourth-order valence-electron chi connectivity index (χ4n) is 8.89. The van der Waals surface area contributed by atoms with Gasteiger partial charge in [0, 0.05) is 20.1 Å². The number of aromatic nitrogens is 4. The molecule has 0 spiro atoms. The van der Waals surface area contributed by atoms with Crippen LogP contribution in [-0.4, -0.2) is 102 Å². The van der Waals surface area contributed by atoms with Gasteiger partial charge in [-0.2, -0.15) is 0 Å². The van der Waals surface area contributed by atoms with E-state index < -0.39 is 12.1 Å². The van der Waals surface area contributed by atoms with Crippen molar-refractivity contribution in [2.45, 2.75) is 76.5 Å². The number of carbonyl (C=O) groups is 3. The van der Waals surface area contributed by atoms with Crippen LogP contribution in [0.25, 0.3) is 33.6 Å². The van der Waals surface area contributed by atoms with E-state index in [2.05, 4.69) is 89.4 Å². The zero-order chi connectivity index (χ0) is 39.6. The van der Waals surface area contributed by atoms with Gasteiger partial charge in [0.1, 0.15) is 23.7 Å². The third-order valence-corrected chi connectivity index (χ3v) is 12.2. The molecule has 4 heterocycles. The predicted molar refractivity (Wildman–Crippen MR) is 219 cm³/mol. The summed E-state index contributed by atoms with van der Waals surface area (Å²) in [5.41, 5.74) is 6.99. The number of carbonyl (C=O) groups excluding carboxylic acids is 2. The van der Waals surface area contributed by atoms with Crippen LogP contribution >= 0.6 is 0 Å². The van der Waals surface area contributed by atoms with Gasteiger partial charge < -0.3 is 24.9 Å². The fraction of sp³-hybridized carbons (Fsp3) is 0.400. The lowest BCUT2D eigenvalue weighted by Gasteiger charge is -2.34. The van der Waals surface area contributed by atoms with Gasteiger partial charge in [0.2, 0.25) is 11.8 Å². The molecule has 296 valence electrons. The Hall–Kier alpha value is -5.75. The molecule has 4 atom stereocenters. The number of likely N-dealkylation sites (N-methyl/N-ethyl adjacent to an activating group) is 2. The molecule has 12 heteroatoms. The minimum absolute atomic E-state index is 0.0862. The highest BCUT2D eigenvalue weighted by Crippen LogP contribution is 2.40. The summed E-state index contributed by atoms with van der Waals surface area (Å²) < 4.78 is 0. The number of rotatable bonds is 13. The lowest BCUT2D eigenvalue weighted by molar-refractivity contribution is -0.138. The first kappa shape index (κ1) is 38.1. The van der Waals surface area contributed by atoms with E-state index in [9.17, 15) is 19.5 Å². The molecule has 12 nitrogen and oxygen atoms in total. The summed E-state index contributed by atoms with van der Waals surface area (Å²) in [6, 6.07) is 25.6. The predicted octanol–water partition coefficient (Wildman–Crippen LogP) is 7.93. The second-order valence-electron chi connectivity index (χ2n) is 15.6. The van der Waals surface area contributed by atoms with E-state index in [-0.39, 0.29) is 35.9 Å². The van der Waals surface area contributed by atoms with Gasteiger partial charge in [-0.3, -0.25) is 19.4 Å². The molecule has 1 saturated carbocycles.